The third kappa shape index (κ3) is 40.6. The zero-order chi connectivity index (χ0) is 63.8. The number of allylic oxidation sites excluding steroid dienone is 23. The van der Waals surface area contributed by atoms with Gasteiger partial charge in [0, 0.05) is 6.42 Å². The molecule has 0 saturated carbocycles. The van der Waals surface area contributed by atoms with Crippen LogP contribution in [0.25, 0.3) is 0 Å². The van der Waals surface area contributed by atoms with Gasteiger partial charge in [-0.1, -0.05) is 243 Å². The summed E-state index contributed by atoms with van der Waals surface area (Å²) in [5.41, 5.74) is 0. The molecular weight excluding hydrogens is 1110 g/mol. The van der Waals surface area contributed by atoms with Crippen LogP contribution in [0.3, 0.4) is 0 Å². The van der Waals surface area contributed by atoms with Crippen LogP contribution >= 0.6 is 0 Å². The van der Waals surface area contributed by atoms with E-state index >= 15 is 0 Å². The van der Waals surface area contributed by atoms with Gasteiger partial charge in [0.15, 0.2) is 12.6 Å². The number of carbonyl (C=O) groups is 1. The molecule has 2 heterocycles. The third-order valence-electron chi connectivity index (χ3n) is 15.5. The SMILES string of the molecule is CC/C=C\C/C=C\C/C=C\C/C=C\C/C=C\C/C=C\C/C=C\C/C=C\C/C=C\CCCCCCCCCCCCCCCC(=O)NC(COC1OC(CO)C(OC2OC(CO)C(O)C(O)C2O)C(O)C1O)C(O)/C=C/CC/C=C/CC/C=C/CCCCC. The quantitative estimate of drug-likeness (QED) is 0.0204. The number of aliphatic hydroxyl groups excluding tert-OH is 8. The van der Waals surface area contributed by atoms with Gasteiger partial charge < -0.3 is 65.1 Å². The summed E-state index contributed by atoms with van der Waals surface area (Å²) in [5.74, 6) is -0.262. The highest BCUT2D eigenvalue weighted by Crippen LogP contribution is 2.30. The Labute approximate surface area is 532 Å². The largest absolute Gasteiger partial charge is 0.394 e. The molecule has 0 aromatic carbocycles. The fourth-order valence-corrected chi connectivity index (χ4v) is 10.1. The molecule has 0 radical (unpaired) electrons. The van der Waals surface area contributed by atoms with Gasteiger partial charge in [-0.2, -0.15) is 0 Å². The molecule has 12 unspecified atom stereocenters. The van der Waals surface area contributed by atoms with E-state index in [2.05, 4.69) is 153 Å². The van der Waals surface area contributed by atoms with E-state index in [1.54, 1.807) is 6.08 Å². The maximum absolute atomic E-state index is 13.3. The summed E-state index contributed by atoms with van der Waals surface area (Å²) in [6, 6.07) is -0.947. The van der Waals surface area contributed by atoms with Gasteiger partial charge in [0.25, 0.3) is 0 Å². The molecule has 0 aromatic heterocycles. The molecule has 88 heavy (non-hydrogen) atoms. The van der Waals surface area contributed by atoms with Crippen molar-refractivity contribution in [3.63, 3.8) is 0 Å². The van der Waals surface area contributed by atoms with Gasteiger partial charge in [0.1, 0.15) is 48.8 Å². The van der Waals surface area contributed by atoms with Crippen molar-refractivity contribution >= 4 is 5.91 Å². The van der Waals surface area contributed by atoms with Crippen molar-refractivity contribution in [2.24, 2.45) is 0 Å². The Hall–Kier alpha value is -4.13. The van der Waals surface area contributed by atoms with E-state index < -0.39 is 86.8 Å². The molecule has 12 atom stereocenters. The van der Waals surface area contributed by atoms with Crippen LogP contribution in [0, 0.1) is 0 Å². The molecule has 9 N–H and O–H groups in total. The Morgan fingerprint density at radius 3 is 1.25 bits per heavy atom. The van der Waals surface area contributed by atoms with E-state index in [1.165, 1.54) is 77.0 Å². The zero-order valence-corrected chi connectivity index (χ0v) is 54.2. The minimum absolute atomic E-state index is 0.260. The van der Waals surface area contributed by atoms with E-state index in [0.717, 1.165) is 109 Å². The van der Waals surface area contributed by atoms with Gasteiger partial charge in [-0.05, 0) is 116 Å². The molecule has 2 fully saturated rings. The van der Waals surface area contributed by atoms with Gasteiger partial charge in [0.05, 0.1) is 32.0 Å². The smallest absolute Gasteiger partial charge is 0.220 e. The summed E-state index contributed by atoms with van der Waals surface area (Å²) in [6.07, 6.45) is 69.1. The number of nitrogens with one attached hydrogen (secondary N) is 1. The Balaban J connectivity index is 1.60. The summed E-state index contributed by atoms with van der Waals surface area (Å²) in [5, 5.41) is 87.1. The number of amides is 1. The number of hydrogen-bond donors (Lipinski definition) is 9. The molecule has 0 aliphatic carbocycles. The van der Waals surface area contributed by atoms with Crippen molar-refractivity contribution in [3.8, 4) is 0 Å². The normalized spacial score (nSPS) is 24.1. The van der Waals surface area contributed by atoms with Crippen molar-refractivity contribution in [1.82, 2.24) is 5.32 Å². The molecule has 2 aliphatic heterocycles. The number of carbonyl (C=O) groups excluding carboxylic acids is 1. The van der Waals surface area contributed by atoms with Gasteiger partial charge >= 0.3 is 0 Å². The Morgan fingerprint density at radius 1 is 0.420 bits per heavy atom. The number of unbranched alkanes of at least 4 members (excludes halogenated alkanes) is 18. The zero-order valence-electron chi connectivity index (χ0n) is 54.2. The van der Waals surface area contributed by atoms with E-state index in [9.17, 15) is 45.6 Å². The molecular formula is C74H121NO13. The Morgan fingerprint density at radius 2 is 0.795 bits per heavy atom. The lowest BCUT2D eigenvalue weighted by atomic mass is 9.97. The minimum atomic E-state index is -1.80. The highest BCUT2D eigenvalue weighted by Gasteiger charge is 2.51. The Bertz CT molecular complexity index is 2040. The summed E-state index contributed by atoms with van der Waals surface area (Å²) in [6.45, 7) is 2.60. The summed E-state index contributed by atoms with van der Waals surface area (Å²) >= 11 is 0. The van der Waals surface area contributed by atoms with E-state index in [4.69, 9.17) is 18.9 Å². The van der Waals surface area contributed by atoms with Crippen LogP contribution in [0.15, 0.2) is 146 Å². The maximum Gasteiger partial charge on any atom is 0.220 e. The lowest BCUT2D eigenvalue weighted by Crippen LogP contribution is -2.65. The summed E-state index contributed by atoms with van der Waals surface area (Å²) in [4.78, 5) is 13.3. The van der Waals surface area contributed by atoms with Gasteiger partial charge in [-0.25, -0.2) is 0 Å². The lowest BCUT2D eigenvalue weighted by Gasteiger charge is -2.46. The van der Waals surface area contributed by atoms with Crippen LogP contribution in [-0.4, -0.2) is 140 Å². The van der Waals surface area contributed by atoms with Crippen LogP contribution in [0.1, 0.15) is 219 Å². The van der Waals surface area contributed by atoms with Crippen LogP contribution in [-0.2, 0) is 23.7 Å². The van der Waals surface area contributed by atoms with Crippen LogP contribution in [0.2, 0.25) is 0 Å². The van der Waals surface area contributed by atoms with E-state index in [0.29, 0.717) is 12.8 Å². The molecule has 14 nitrogen and oxygen atoms in total. The van der Waals surface area contributed by atoms with Crippen molar-refractivity contribution in [2.75, 3.05) is 19.8 Å². The summed E-state index contributed by atoms with van der Waals surface area (Å²) in [7, 11) is 0. The third-order valence-corrected chi connectivity index (χ3v) is 15.5. The molecule has 0 bridgehead atoms. The highest BCUT2D eigenvalue weighted by molar-refractivity contribution is 5.76. The van der Waals surface area contributed by atoms with Gasteiger partial charge in [-0.15, -0.1) is 0 Å². The molecule has 0 spiro atoms. The summed E-state index contributed by atoms with van der Waals surface area (Å²) < 4.78 is 22.8. The van der Waals surface area contributed by atoms with Crippen LogP contribution in [0.4, 0.5) is 0 Å². The van der Waals surface area contributed by atoms with Crippen molar-refractivity contribution in [3.05, 3.63) is 146 Å². The maximum atomic E-state index is 13.3. The number of ether oxygens (including phenoxy) is 4. The van der Waals surface area contributed by atoms with Gasteiger partial charge in [0.2, 0.25) is 5.91 Å². The highest BCUT2D eigenvalue weighted by atomic mass is 16.7. The molecule has 2 aliphatic rings. The van der Waals surface area contributed by atoms with E-state index in [1.807, 2.05) is 6.08 Å². The number of aliphatic hydroxyl groups is 8. The number of hydrogen-bond acceptors (Lipinski definition) is 13. The average Bonchev–Trinajstić information content (AvgIpc) is 2.45. The monoisotopic (exact) mass is 1230 g/mol. The van der Waals surface area contributed by atoms with Gasteiger partial charge in [-0.3, -0.25) is 4.79 Å². The van der Waals surface area contributed by atoms with Crippen molar-refractivity contribution in [1.29, 1.82) is 0 Å². The first-order chi connectivity index (χ1) is 43.1. The molecule has 500 valence electrons. The first kappa shape index (κ1) is 80.0. The average molecular weight is 1230 g/mol. The predicted molar refractivity (Wildman–Crippen MR) is 359 cm³/mol. The predicted octanol–water partition coefficient (Wildman–Crippen LogP) is 13.7. The van der Waals surface area contributed by atoms with Crippen LogP contribution in [0.5, 0.6) is 0 Å². The first-order valence-electron chi connectivity index (χ1n) is 34.1. The molecule has 0 aromatic rings. The van der Waals surface area contributed by atoms with Crippen molar-refractivity contribution < 1.29 is 64.6 Å². The topological polar surface area (TPSA) is 228 Å². The molecule has 1 amide bonds. The first-order valence-corrected chi connectivity index (χ1v) is 34.1. The second-order valence-electron chi connectivity index (χ2n) is 23.2. The fraction of sp³-hybridized carbons (Fsp3) is 0.662. The second kappa shape index (κ2) is 56.8. The number of rotatable bonds is 53. The Kier molecular flexibility index (Phi) is 51.6. The van der Waals surface area contributed by atoms with Crippen molar-refractivity contribution in [2.45, 2.75) is 293 Å². The molecule has 14 heteroatoms. The lowest BCUT2D eigenvalue weighted by molar-refractivity contribution is -0.359. The fourth-order valence-electron chi connectivity index (χ4n) is 10.1. The standard InChI is InChI=1S/C74H121NO13/c1-3-5-7-9-11-13-15-17-18-19-20-21-22-23-24-25-26-27-28-29-30-31-32-33-34-35-36-37-38-39-40-41-42-43-44-46-48-50-52-54-56-58-66(79)75-62(63(78)57-55-53-51-49-47-45-16-14-12-10-8-6-4-2)61-85-73-71(84)69(82)72(65(60-77)87-73)88-74-70(83)68(81)67(80)64(59-76)86-74/h5,7,11-14,17-18,20-21,23-24,26-27,29-30,32-33,35-36,47,49,55,57,62-65,67-74,76-78,80-84H,3-4,6,8-10,15-16,19,22,25,28,31,34,37-46,48,50-54,56,58-61H2,1-2H3,(H,75,79)/b7-5-,13-11-,14-12+,18-17-,21-20-,24-23-,27-26-,30-29-,33-32-,36-35-,49-47+,57-55+. The molecule has 2 rings (SSSR count). The van der Waals surface area contributed by atoms with E-state index in [-0.39, 0.29) is 18.9 Å². The minimum Gasteiger partial charge on any atom is -0.394 e. The second-order valence-corrected chi connectivity index (χ2v) is 23.2. The van der Waals surface area contributed by atoms with Crippen LogP contribution < -0.4 is 5.32 Å². The molecule has 2 saturated heterocycles.